The summed E-state index contributed by atoms with van der Waals surface area (Å²) in [5, 5.41) is 0. The molecule has 1 aliphatic heterocycles. The summed E-state index contributed by atoms with van der Waals surface area (Å²) >= 11 is 0. The third kappa shape index (κ3) is 4.44. The van der Waals surface area contributed by atoms with Crippen molar-refractivity contribution in [2.75, 3.05) is 26.2 Å². The molecule has 2 aromatic rings. The number of ether oxygens (including phenoxy) is 3. The molecular weight excluding hydrogens is 417 g/mol. The topological polar surface area (TPSA) is 82.1 Å². The van der Waals surface area contributed by atoms with Gasteiger partial charge < -0.3 is 19.1 Å². The van der Waals surface area contributed by atoms with Crippen LogP contribution in [-0.2, 0) is 23.8 Å². The fraction of sp³-hybridized carbons (Fsp3) is 0.125. The van der Waals surface area contributed by atoms with E-state index in [0.717, 1.165) is 0 Å². The lowest BCUT2D eigenvalue weighted by molar-refractivity contribution is -0.139. The summed E-state index contributed by atoms with van der Waals surface area (Å²) in [4.78, 5) is 38.0. The van der Waals surface area contributed by atoms with Gasteiger partial charge in [-0.15, -0.1) is 0 Å². The van der Waals surface area contributed by atoms with E-state index in [1.165, 1.54) is 44.4 Å². The Kier molecular flexibility index (Phi) is 6.84. The first-order valence-corrected chi connectivity index (χ1v) is 9.44. The van der Waals surface area contributed by atoms with E-state index in [1.54, 1.807) is 48.7 Å². The normalized spacial score (nSPS) is 12.9. The highest BCUT2D eigenvalue weighted by Crippen LogP contribution is 2.31. The minimum absolute atomic E-state index is 0.0169. The molecule has 32 heavy (non-hydrogen) atoms. The van der Waals surface area contributed by atoms with Gasteiger partial charge in [0, 0.05) is 11.9 Å². The second kappa shape index (κ2) is 9.74. The third-order valence-electron chi connectivity index (χ3n) is 4.72. The number of hydrogen-bond acceptors (Lipinski definition) is 7. The van der Waals surface area contributed by atoms with Crippen LogP contribution in [0.5, 0.6) is 0 Å². The van der Waals surface area contributed by atoms with Crippen molar-refractivity contribution in [1.82, 2.24) is 0 Å². The Labute approximate surface area is 184 Å². The molecule has 0 aromatic heterocycles. The maximum Gasteiger partial charge on any atom is 0.355 e. The molecule has 0 radical (unpaired) electrons. The van der Waals surface area contributed by atoms with Gasteiger partial charge in [0.25, 0.3) is 0 Å². The van der Waals surface area contributed by atoms with Gasteiger partial charge in [0.2, 0.25) is 0 Å². The van der Waals surface area contributed by atoms with E-state index in [0.29, 0.717) is 16.8 Å². The molecule has 1 heterocycles. The lowest BCUT2D eigenvalue weighted by Gasteiger charge is -2.23. The highest BCUT2D eigenvalue weighted by Gasteiger charge is 2.27. The summed E-state index contributed by atoms with van der Waals surface area (Å²) in [6, 6.07) is 11.0. The SMILES string of the molecule is COC(=O)C1=C(C(=O)OC)N(c2cccc(-c3ccc(C(=O)OC)c(F)c3)c2)C=CC=C1. The first-order chi connectivity index (χ1) is 15.4. The van der Waals surface area contributed by atoms with Crippen LogP contribution in [0.1, 0.15) is 10.4 Å². The summed E-state index contributed by atoms with van der Waals surface area (Å²) < 4.78 is 28.7. The summed E-state index contributed by atoms with van der Waals surface area (Å²) in [5.41, 5.74) is 1.45. The minimum atomic E-state index is -0.770. The first-order valence-electron chi connectivity index (χ1n) is 9.44. The van der Waals surface area contributed by atoms with Crippen molar-refractivity contribution in [2.45, 2.75) is 0 Å². The van der Waals surface area contributed by atoms with E-state index < -0.39 is 23.7 Å². The van der Waals surface area contributed by atoms with Gasteiger partial charge in [-0.3, -0.25) is 0 Å². The number of esters is 3. The molecule has 0 spiro atoms. The molecule has 0 atom stereocenters. The predicted octanol–water partition coefficient (Wildman–Crippen LogP) is 3.77. The zero-order valence-electron chi connectivity index (χ0n) is 17.6. The number of carbonyl (C=O) groups excluding carboxylic acids is 3. The van der Waals surface area contributed by atoms with Crippen molar-refractivity contribution >= 4 is 23.6 Å². The smallest absolute Gasteiger partial charge is 0.355 e. The fourth-order valence-corrected chi connectivity index (χ4v) is 3.17. The van der Waals surface area contributed by atoms with Crippen molar-refractivity contribution in [3.05, 3.63) is 89.5 Å². The fourth-order valence-electron chi connectivity index (χ4n) is 3.17. The van der Waals surface area contributed by atoms with Crippen molar-refractivity contribution in [1.29, 1.82) is 0 Å². The molecule has 0 N–H and O–H groups in total. The van der Waals surface area contributed by atoms with E-state index in [2.05, 4.69) is 4.74 Å². The average molecular weight is 437 g/mol. The van der Waals surface area contributed by atoms with Crippen LogP contribution < -0.4 is 4.90 Å². The zero-order chi connectivity index (χ0) is 23.3. The zero-order valence-corrected chi connectivity index (χ0v) is 17.6. The van der Waals surface area contributed by atoms with E-state index in [9.17, 15) is 18.8 Å². The third-order valence-corrected chi connectivity index (χ3v) is 4.72. The number of anilines is 1. The number of rotatable bonds is 5. The number of hydrogen-bond donors (Lipinski definition) is 0. The van der Waals surface area contributed by atoms with Crippen LogP contribution in [0.2, 0.25) is 0 Å². The van der Waals surface area contributed by atoms with Crippen molar-refractivity contribution in [3.63, 3.8) is 0 Å². The molecule has 0 bridgehead atoms. The molecule has 0 amide bonds. The lowest BCUT2D eigenvalue weighted by Crippen LogP contribution is -2.26. The molecule has 0 unspecified atom stereocenters. The summed E-state index contributed by atoms with van der Waals surface area (Å²) in [5.74, 6) is -2.93. The number of halogens is 1. The summed E-state index contributed by atoms with van der Waals surface area (Å²) in [7, 11) is 3.61. The molecule has 0 saturated heterocycles. The van der Waals surface area contributed by atoms with Gasteiger partial charge in [-0.1, -0.05) is 24.3 Å². The van der Waals surface area contributed by atoms with E-state index in [1.807, 2.05) is 0 Å². The van der Waals surface area contributed by atoms with Gasteiger partial charge in [-0.2, -0.15) is 0 Å². The number of nitrogens with zero attached hydrogens (tertiary/aromatic N) is 1. The van der Waals surface area contributed by atoms with Crippen LogP contribution >= 0.6 is 0 Å². The molecule has 0 saturated carbocycles. The standard InChI is InChI=1S/C24H20FNO6/c1-30-22(27)18-11-10-16(14-20(18)25)15-7-6-8-17(13-15)26-12-5-4-9-19(23(28)31-2)21(26)24(29)32-3/h4-14H,1-3H3. The highest BCUT2D eigenvalue weighted by molar-refractivity contribution is 6.05. The number of benzene rings is 2. The molecule has 3 rings (SSSR count). The van der Waals surface area contributed by atoms with Crippen LogP contribution in [0.25, 0.3) is 11.1 Å². The highest BCUT2D eigenvalue weighted by atomic mass is 19.1. The molecule has 1 aliphatic rings. The van der Waals surface area contributed by atoms with Crippen LogP contribution in [0.3, 0.4) is 0 Å². The van der Waals surface area contributed by atoms with Crippen LogP contribution in [0.4, 0.5) is 10.1 Å². The average Bonchev–Trinajstić information content (AvgIpc) is 3.05. The molecular formula is C24H20FNO6. The summed E-state index contributed by atoms with van der Waals surface area (Å²) in [6.07, 6.45) is 6.30. The predicted molar refractivity (Wildman–Crippen MR) is 115 cm³/mol. The Morgan fingerprint density at radius 3 is 2.16 bits per heavy atom. The molecule has 0 fully saturated rings. The monoisotopic (exact) mass is 437 g/mol. The molecule has 8 heteroatoms. The number of methoxy groups -OCH3 is 3. The van der Waals surface area contributed by atoms with Gasteiger partial charge in [0.05, 0.1) is 32.5 Å². The van der Waals surface area contributed by atoms with E-state index in [-0.39, 0.29) is 16.8 Å². The largest absolute Gasteiger partial charge is 0.465 e. The van der Waals surface area contributed by atoms with Gasteiger partial charge in [0.15, 0.2) is 0 Å². The van der Waals surface area contributed by atoms with Gasteiger partial charge in [0.1, 0.15) is 11.5 Å². The minimum Gasteiger partial charge on any atom is -0.465 e. The number of carbonyl (C=O) groups is 3. The Morgan fingerprint density at radius 1 is 0.812 bits per heavy atom. The van der Waals surface area contributed by atoms with Crippen molar-refractivity contribution < 1.29 is 33.0 Å². The van der Waals surface area contributed by atoms with Gasteiger partial charge in [-0.25, -0.2) is 18.8 Å². The lowest BCUT2D eigenvalue weighted by atomic mass is 10.0. The van der Waals surface area contributed by atoms with Crippen molar-refractivity contribution in [3.8, 4) is 11.1 Å². The summed E-state index contributed by atoms with van der Waals surface area (Å²) in [6.45, 7) is 0. The first kappa shape index (κ1) is 22.5. The van der Waals surface area contributed by atoms with E-state index in [4.69, 9.17) is 9.47 Å². The second-order valence-electron chi connectivity index (χ2n) is 6.55. The maximum atomic E-state index is 14.4. The molecule has 7 nitrogen and oxygen atoms in total. The Hall–Kier alpha value is -4.20. The Morgan fingerprint density at radius 2 is 1.50 bits per heavy atom. The molecule has 164 valence electrons. The maximum absolute atomic E-state index is 14.4. The Balaban J connectivity index is 2.10. The van der Waals surface area contributed by atoms with Crippen molar-refractivity contribution in [2.24, 2.45) is 0 Å². The van der Waals surface area contributed by atoms with Gasteiger partial charge >= 0.3 is 17.9 Å². The second-order valence-corrected chi connectivity index (χ2v) is 6.55. The van der Waals surface area contributed by atoms with Gasteiger partial charge in [-0.05, 0) is 47.5 Å². The van der Waals surface area contributed by atoms with Crippen LogP contribution in [-0.4, -0.2) is 39.2 Å². The quantitative estimate of drug-likeness (QED) is 0.520. The molecule has 0 aliphatic carbocycles. The van der Waals surface area contributed by atoms with Crippen LogP contribution in [0.15, 0.2) is 78.2 Å². The van der Waals surface area contributed by atoms with Crippen LogP contribution in [0, 0.1) is 5.82 Å². The Bertz CT molecular complexity index is 1160. The number of allylic oxidation sites excluding steroid dienone is 2. The molecule has 2 aromatic carbocycles. The van der Waals surface area contributed by atoms with E-state index >= 15 is 0 Å².